The van der Waals surface area contributed by atoms with Crippen LogP contribution in [0.3, 0.4) is 0 Å². The first-order valence-corrected chi connectivity index (χ1v) is 28.4. The summed E-state index contributed by atoms with van der Waals surface area (Å²) in [6.45, 7) is 0. The smallest absolute Gasteiger partial charge is 0.0992 e. The van der Waals surface area contributed by atoms with E-state index in [2.05, 4.69) is 289 Å². The van der Waals surface area contributed by atoms with Gasteiger partial charge in [-0.1, -0.05) is 200 Å². The lowest BCUT2D eigenvalue weighted by Gasteiger charge is -2.32. The van der Waals surface area contributed by atoms with Crippen LogP contribution in [0, 0.1) is 11.3 Å². The Morgan fingerprint density at radius 1 is 0.284 bits per heavy atom. The molecule has 0 atom stereocenters. The molecule has 1 heterocycles. The zero-order valence-corrected chi connectivity index (χ0v) is 44.5. The largest absolute Gasteiger partial charge is 0.310 e. The SMILES string of the molecule is N#Cc1cc(-c2cccc(-c3cc(N(c4ccccc4)c4ccc5ccc6cccc7ccc4c5c67)cc(N(c4ccccc4)c4ccc5ccc6cccc7ccc4c5c67)c3)c2)c2c(c1)sc1c3ccccc3c3ccccc3c12. The average molecular weight is 1040 g/mol. The van der Waals surface area contributed by atoms with E-state index in [4.69, 9.17) is 0 Å². The molecule has 0 fully saturated rings. The number of fused-ring (bicyclic) bond motifs is 8. The maximum absolute atomic E-state index is 10.7. The summed E-state index contributed by atoms with van der Waals surface area (Å²) in [5.74, 6) is 0. The van der Waals surface area contributed by atoms with Crippen LogP contribution in [0.4, 0.5) is 34.1 Å². The van der Waals surface area contributed by atoms with Crippen molar-refractivity contribution < 1.29 is 0 Å². The first-order valence-electron chi connectivity index (χ1n) is 27.6. The monoisotopic (exact) mass is 1040 g/mol. The molecule has 17 rings (SSSR count). The number of nitriles is 1. The highest BCUT2D eigenvalue weighted by molar-refractivity contribution is 7.27. The molecule has 0 aliphatic heterocycles. The van der Waals surface area contributed by atoms with Gasteiger partial charge < -0.3 is 9.80 Å². The summed E-state index contributed by atoms with van der Waals surface area (Å²) < 4.78 is 2.35. The van der Waals surface area contributed by atoms with Gasteiger partial charge in [-0.3, -0.25) is 0 Å². The Bertz CT molecular complexity index is 5200. The normalized spacial score (nSPS) is 11.9. The van der Waals surface area contributed by atoms with Crippen molar-refractivity contribution in [3.05, 3.63) is 279 Å². The number of hydrogen-bond acceptors (Lipinski definition) is 4. The Balaban J connectivity index is 0.952. The average Bonchev–Trinajstić information content (AvgIpc) is 4.17. The third kappa shape index (κ3) is 6.93. The van der Waals surface area contributed by atoms with Gasteiger partial charge in [0.25, 0.3) is 0 Å². The van der Waals surface area contributed by atoms with E-state index in [0.29, 0.717) is 5.56 Å². The van der Waals surface area contributed by atoms with Gasteiger partial charge in [0, 0.05) is 59.1 Å². The molecule has 0 saturated heterocycles. The van der Waals surface area contributed by atoms with Crippen LogP contribution in [0.5, 0.6) is 0 Å². The Morgan fingerprint density at radius 2 is 0.741 bits per heavy atom. The van der Waals surface area contributed by atoms with E-state index in [1.807, 2.05) is 0 Å². The Hall–Kier alpha value is -10.6. The van der Waals surface area contributed by atoms with Gasteiger partial charge in [-0.05, 0) is 165 Å². The predicted octanol–water partition coefficient (Wildman–Crippen LogP) is 22.3. The van der Waals surface area contributed by atoms with Crippen molar-refractivity contribution in [1.82, 2.24) is 0 Å². The standard InChI is InChI=1S/C77H45N3S/c78-46-47-40-67(75-70(41-47)81-77-64-27-10-8-25-62(64)61-24-7-9-26-63(61)76(75)77)55-19-13-18-54(42-55)56-43-59(79(57-20-3-1-4-21-57)68-38-34-52-30-28-48-14-11-16-50-32-36-65(68)73(52)71(48)50)45-60(44-56)80(58-22-5-2-6-23-58)69-39-35-53-31-29-49-15-12-17-51-33-37-66(69)74(53)72(49)51/h1-45H. The minimum absolute atomic E-state index is 0.644. The molecule has 0 radical (unpaired) electrons. The summed E-state index contributed by atoms with van der Waals surface area (Å²) in [6.07, 6.45) is 0. The van der Waals surface area contributed by atoms with Gasteiger partial charge in [-0.25, -0.2) is 0 Å². The van der Waals surface area contributed by atoms with Gasteiger partial charge in [0.05, 0.1) is 23.0 Å². The van der Waals surface area contributed by atoms with Gasteiger partial charge in [-0.15, -0.1) is 11.3 Å². The van der Waals surface area contributed by atoms with Gasteiger partial charge in [0.1, 0.15) is 0 Å². The molecule has 3 nitrogen and oxygen atoms in total. The minimum Gasteiger partial charge on any atom is -0.310 e. The molecule has 16 aromatic carbocycles. The lowest BCUT2D eigenvalue weighted by Crippen LogP contribution is -2.14. The van der Waals surface area contributed by atoms with Crippen LogP contribution in [0.25, 0.3) is 129 Å². The number of benzene rings is 16. The second-order valence-corrected chi connectivity index (χ2v) is 22.5. The quantitative estimate of drug-likeness (QED) is 0.142. The number of nitrogens with zero attached hydrogens (tertiary/aromatic N) is 3. The molecule has 374 valence electrons. The summed E-state index contributed by atoms with van der Waals surface area (Å²) in [5.41, 5.74) is 11.2. The molecule has 0 saturated carbocycles. The molecule has 0 aliphatic carbocycles. The zero-order chi connectivity index (χ0) is 53.3. The zero-order valence-electron chi connectivity index (χ0n) is 43.7. The van der Waals surface area contributed by atoms with E-state index in [9.17, 15) is 5.26 Å². The highest BCUT2D eigenvalue weighted by Gasteiger charge is 2.25. The summed E-state index contributed by atoms with van der Waals surface area (Å²) >= 11 is 1.79. The van der Waals surface area contributed by atoms with Crippen LogP contribution in [0.1, 0.15) is 5.56 Å². The van der Waals surface area contributed by atoms with Crippen molar-refractivity contribution in [3.8, 4) is 28.3 Å². The Kier molecular flexibility index (Phi) is 9.95. The summed E-state index contributed by atoms with van der Waals surface area (Å²) in [7, 11) is 0. The fraction of sp³-hybridized carbons (Fsp3) is 0. The number of anilines is 6. The first kappa shape index (κ1) is 45.4. The molecular formula is C77H45N3S. The predicted molar refractivity (Wildman–Crippen MR) is 347 cm³/mol. The minimum atomic E-state index is 0.644. The molecule has 0 bridgehead atoms. The van der Waals surface area contributed by atoms with Crippen LogP contribution >= 0.6 is 11.3 Å². The lowest BCUT2D eigenvalue weighted by molar-refractivity contribution is 1.26. The van der Waals surface area contributed by atoms with Crippen LogP contribution in [-0.4, -0.2) is 0 Å². The first-order chi connectivity index (χ1) is 40.1. The van der Waals surface area contributed by atoms with E-state index in [1.54, 1.807) is 11.3 Å². The number of para-hydroxylation sites is 2. The van der Waals surface area contributed by atoms with E-state index < -0.39 is 0 Å². The maximum Gasteiger partial charge on any atom is 0.0992 e. The number of hydrogen-bond donors (Lipinski definition) is 0. The molecule has 0 aliphatic rings. The van der Waals surface area contributed by atoms with Crippen LogP contribution in [0.2, 0.25) is 0 Å². The van der Waals surface area contributed by atoms with E-state index in [0.717, 1.165) is 61.1 Å². The molecule has 17 aromatic rings. The topological polar surface area (TPSA) is 30.3 Å². The highest BCUT2D eigenvalue weighted by atomic mass is 32.1. The maximum atomic E-state index is 10.7. The van der Waals surface area contributed by atoms with Crippen molar-refractivity contribution in [2.24, 2.45) is 0 Å². The second-order valence-electron chi connectivity index (χ2n) is 21.4. The van der Waals surface area contributed by atoms with Crippen molar-refractivity contribution in [1.29, 1.82) is 5.26 Å². The Labute approximate surface area is 470 Å². The number of thiophene rings is 1. The lowest BCUT2D eigenvalue weighted by atomic mass is 9.91. The van der Waals surface area contributed by atoms with E-state index in [1.165, 1.54) is 102 Å². The third-order valence-corrected chi connectivity index (χ3v) is 18.2. The van der Waals surface area contributed by atoms with Crippen molar-refractivity contribution in [2.45, 2.75) is 0 Å². The van der Waals surface area contributed by atoms with Gasteiger partial charge in [0.15, 0.2) is 0 Å². The third-order valence-electron chi connectivity index (χ3n) is 17.0. The fourth-order valence-electron chi connectivity index (χ4n) is 13.5. The van der Waals surface area contributed by atoms with E-state index >= 15 is 0 Å². The van der Waals surface area contributed by atoms with Crippen molar-refractivity contribution in [2.75, 3.05) is 9.80 Å². The van der Waals surface area contributed by atoms with Crippen molar-refractivity contribution in [3.63, 3.8) is 0 Å². The van der Waals surface area contributed by atoms with Crippen LogP contribution in [0.15, 0.2) is 273 Å². The molecule has 4 heteroatoms. The molecule has 0 N–H and O–H groups in total. The summed E-state index contributed by atoms with van der Waals surface area (Å²) in [4.78, 5) is 4.92. The van der Waals surface area contributed by atoms with Gasteiger partial charge >= 0.3 is 0 Å². The molecule has 0 unspecified atom stereocenters. The highest BCUT2D eigenvalue weighted by Crippen LogP contribution is 2.51. The van der Waals surface area contributed by atoms with Gasteiger partial charge in [-0.2, -0.15) is 5.26 Å². The summed E-state index contributed by atoms with van der Waals surface area (Å²) in [5, 5.41) is 32.9. The van der Waals surface area contributed by atoms with Crippen LogP contribution < -0.4 is 9.80 Å². The Morgan fingerprint density at radius 3 is 1.30 bits per heavy atom. The van der Waals surface area contributed by atoms with Crippen molar-refractivity contribution >= 4 is 152 Å². The van der Waals surface area contributed by atoms with Gasteiger partial charge in [0.2, 0.25) is 0 Å². The molecule has 81 heavy (non-hydrogen) atoms. The fourth-order valence-corrected chi connectivity index (χ4v) is 14.9. The van der Waals surface area contributed by atoms with E-state index in [-0.39, 0.29) is 0 Å². The molecule has 1 aromatic heterocycles. The van der Waals surface area contributed by atoms with Crippen LogP contribution in [-0.2, 0) is 0 Å². The molecule has 0 spiro atoms. The molecule has 0 amide bonds. The molecular weight excluding hydrogens is 999 g/mol. The summed E-state index contributed by atoms with van der Waals surface area (Å²) in [6, 6.07) is 103. The number of rotatable bonds is 8. The second kappa shape index (κ2) is 17.7.